The van der Waals surface area contributed by atoms with E-state index in [1.165, 1.54) is 26.0 Å². The summed E-state index contributed by atoms with van der Waals surface area (Å²) < 4.78 is 40.1. The maximum atomic E-state index is 13.7. The van der Waals surface area contributed by atoms with Crippen LogP contribution in [-0.2, 0) is 16.6 Å². The van der Waals surface area contributed by atoms with Crippen LogP contribution < -0.4 is 9.46 Å². The molecule has 1 amide bonds. The van der Waals surface area contributed by atoms with Crippen molar-refractivity contribution in [2.45, 2.75) is 51.3 Å². The van der Waals surface area contributed by atoms with Crippen molar-refractivity contribution in [3.63, 3.8) is 0 Å². The van der Waals surface area contributed by atoms with Gasteiger partial charge in [0, 0.05) is 31.2 Å². The smallest absolute Gasteiger partial charge is 0.335 e. The summed E-state index contributed by atoms with van der Waals surface area (Å²) in [5.74, 6) is -1.05. The van der Waals surface area contributed by atoms with Gasteiger partial charge in [-0.2, -0.15) is 0 Å². The van der Waals surface area contributed by atoms with Crippen LogP contribution in [0.25, 0.3) is 0 Å². The second-order valence-electron chi connectivity index (χ2n) is 10.8. The number of benzene rings is 2. The predicted octanol–water partition coefficient (Wildman–Crippen LogP) is 3.14. The third-order valence-corrected chi connectivity index (χ3v) is 8.92. The maximum absolute atomic E-state index is 13.7. The number of carboxylic acid groups (broad SMARTS) is 1. The molecule has 1 aromatic heterocycles. The number of carbonyl (C=O) groups is 2. The number of fused-ring (bicyclic) bond motifs is 1. The zero-order valence-electron chi connectivity index (χ0n) is 24.2. The van der Waals surface area contributed by atoms with E-state index in [1.807, 2.05) is 18.9 Å². The van der Waals surface area contributed by atoms with Crippen molar-refractivity contribution in [1.82, 2.24) is 15.0 Å². The van der Waals surface area contributed by atoms with Gasteiger partial charge in [0.2, 0.25) is 0 Å². The summed E-state index contributed by atoms with van der Waals surface area (Å²) in [6.07, 6.45) is -0.363. The summed E-state index contributed by atoms with van der Waals surface area (Å²) in [6.45, 7) is 7.84. The molecule has 13 heteroatoms. The van der Waals surface area contributed by atoms with Gasteiger partial charge in [0.15, 0.2) is 10.7 Å². The Morgan fingerprint density at radius 2 is 1.90 bits per heavy atom. The molecule has 3 aromatic rings. The van der Waals surface area contributed by atoms with Crippen LogP contribution in [0.3, 0.4) is 0 Å². The number of nitrogens with zero attached hydrogens (tertiary/aromatic N) is 3. The first-order chi connectivity index (χ1) is 19.8. The number of aromatic carboxylic acids is 1. The van der Waals surface area contributed by atoms with Crippen molar-refractivity contribution in [2.24, 2.45) is 5.92 Å². The zero-order chi connectivity index (χ0) is 30.8. The number of carbonyl (C=O) groups excluding carboxylic acids is 1. The Balaban J connectivity index is 1.62. The zero-order valence-corrected chi connectivity index (χ0v) is 25.0. The molecule has 2 aromatic carbocycles. The van der Waals surface area contributed by atoms with Gasteiger partial charge < -0.3 is 24.4 Å². The van der Waals surface area contributed by atoms with Crippen molar-refractivity contribution in [1.29, 1.82) is 0 Å². The number of nitrogens with one attached hydrogen (secondary N) is 1. The molecule has 3 atom stereocenters. The highest BCUT2D eigenvalue weighted by Gasteiger charge is 2.34. The Hall–Kier alpha value is -3.94. The van der Waals surface area contributed by atoms with E-state index in [2.05, 4.69) is 9.88 Å². The number of aromatic nitrogens is 1. The summed E-state index contributed by atoms with van der Waals surface area (Å²) in [6, 6.07) is 10.7. The molecular formula is C29H36N4O8S. The van der Waals surface area contributed by atoms with Gasteiger partial charge in [0.1, 0.15) is 17.5 Å². The normalized spacial score (nSPS) is 18.2. The van der Waals surface area contributed by atoms with E-state index in [9.17, 15) is 23.1 Å². The van der Waals surface area contributed by atoms with Crippen molar-refractivity contribution in [2.75, 3.05) is 31.5 Å². The van der Waals surface area contributed by atoms with Gasteiger partial charge in [0.05, 0.1) is 23.8 Å². The minimum atomic E-state index is -4.05. The molecule has 0 saturated heterocycles. The highest BCUT2D eigenvalue weighted by Crippen LogP contribution is 2.32. The molecule has 226 valence electrons. The van der Waals surface area contributed by atoms with E-state index in [1.54, 1.807) is 42.2 Å². The fourth-order valence-corrected chi connectivity index (χ4v) is 6.39. The molecule has 0 saturated carbocycles. The van der Waals surface area contributed by atoms with E-state index >= 15 is 0 Å². The molecule has 1 aliphatic rings. The molecule has 0 aliphatic carbocycles. The topological polar surface area (TPSA) is 163 Å². The summed E-state index contributed by atoms with van der Waals surface area (Å²) in [5, 5.41) is 22.8. The SMILES string of the molecule is Cc1noc(C)c1S(=O)(=O)Nc1ccc2c(c1)C(=O)N([C@@H](C)CO)C[C@H](C)[C@H](CN(C)Cc1ccc(C(=O)O)cc1)O2. The highest BCUT2D eigenvalue weighted by molar-refractivity contribution is 7.92. The van der Waals surface area contributed by atoms with Gasteiger partial charge in [-0.25, -0.2) is 13.2 Å². The summed E-state index contributed by atoms with van der Waals surface area (Å²) in [7, 11) is -2.13. The average Bonchev–Trinajstić information content (AvgIpc) is 3.29. The van der Waals surface area contributed by atoms with E-state index in [-0.39, 0.29) is 57.7 Å². The number of rotatable bonds is 10. The van der Waals surface area contributed by atoms with Gasteiger partial charge in [-0.15, -0.1) is 0 Å². The molecule has 1 aliphatic heterocycles. The van der Waals surface area contributed by atoms with Crippen LogP contribution in [0.2, 0.25) is 0 Å². The largest absolute Gasteiger partial charge is 0.488 e. The Labute approximate surface area is 244 Å². The molecule has 0 spiro atoms. The van der Waals surface area contributed by atoms with Gasteiger partial charge in [-0.05, 0) is 63.7 Å². The van der Waals surface area contributed by atoms with E-state index in [0.717, 1.165) is 5.56 Å². The number of likely N-dealkylation sites (N-methyl/N-ethyl adjacent to an activating group) is 1. The Kier molecular flexibility index (Phi) is 9.24. The Bertz CT molecular complexity index is 1530. The lowest BCUT2D eigenvalue weighted by molar-refractivity contribution is 0.0341. The van der Waals surface area contributed by atoms with E-state index < -0.39 is 22.0 Å². The lowest BCUT2D eigenvalue weighted by atomic mass is 9.99. The fraction of sp³-hybridized carbons (Fsp3) is 0.414. The van der Waals surface area contributed by atoms with Crippen LogP contribution in [0.5, 0.6) is 5.75 Å². The third kappa shape index (κ3) is 6.75. The van der Waals surface area contributed by atoms with Gasteiger partial charge in [-0.1, -0.05) is 24.2 Å². The van der Waals surface area contributed by atoms with Gasteiger partial charge in [-0.3, -0.25) is 14.4 Å². The highest BCUT2D eigenvalue weighted by atomic mass is 32.2. The summed E-state index contributed by atoms with van der Waals surface area (Å²) in [5.41, 5.74) is 1.69. The first-order valence-corrected chi connectivity index (χ1v) is 15.0. The minimum absolute atomic E-state index is 0.0677. The molecule has 3 N–H and O–H groups in total. The number of amides is 1. The van der Waals surface area contributed by atoms with Crippen LogP contribution >= 0.6 is 0 Å². The van der Waals surface area contributed by atoms with Crippen LogP contribution in [0.15, 0.2) is 51.9 Å². The molecule has 0 radical (unpaired) electrons. The number of aryl methyl sites for hydroxylation is 2. The number of anilines is 1. The van der Waals surface area contributed by atoms with Crippen LogP contribution in [0.4, 0.5) is 5.69 Å². The molecule has 12 nitrogen and oxygen atoms in total. The summed E-state index contributed by atoms with van der Waals surface area (Å²) in [4.78, 5) is 28.4. The second kappa shape index (κ2) is 12.5. The van der Waals surface area contributed by atoms with E-state index in [0.29, 0.717) is 25.4 Å². The number of aliphatic hydroxyl groups is 1. The first-order valence-electron chi connectivity index (χ1n) is 13.5. The second-order valence-corrected chi connectivity index (χ2v) is 12.4. The monoisotopic (exact) mass is 600 g/mol. The molecule has 0 unspecified atom stereocenters. The number of sulfonamides is 1. The first kappa shape index (κ1) is 31.0. The van der Waals surface area contributed by atoms with Crippen LogP contribution in [0, 0.1) is 19.8 Å². The quantitative estimate of drug-likeness (QED) is 0.315. The Morgan fingerprint density at radius 1 is 1.21 bits per heavy atom. The Morgan fingerprint density at radius 3 is 2.50 bits per heavy atom. The number of hydrogen-bond donors (Lipinski definition) is 3. The standard InChI is InChI=1S/C29H36N4O8S/c1-17-13-33(18(2)16-34)28(35)24-12-23(31-42(38,39)27-19(3)30-41-20(27)4)10-11-25(24)40-26(17)15-32(5)14-21-6-8-22(9-7-21)29(36)37/h6-12,17-18,26,31,34H,13-16H2,1-5H3,(H,36,37)/t17-,18-,26-/m0/s1. The molecule has 4 rings (SSSR count). The van der Waals surface area contributed by atoms with Crippen molar-refractivity contribution >= 4 is 27.6 Å². The molecule has 42 heavy (non-hydrogen) atoms. The number of hydrogen-bond acceptors (Lipinski definition) is 9. The van der Waals surface area contributed by atoms with Crippen molar-refractivity contribution in [3.05, 3.63) is 70.6 Å². The molecule has 0 bridgehead atoms. The van der Waals surface area contributed by atoms with Crippen molar-refractivity contribution in [3.8, 4) is 5.75 Å². The number of aliphatic hydroxyl groups excluding tert-OH is 1. The van der Waals surface area contributed by atoms with Gasteiger partial charge in [0.25, 0.3) is 15.9 Å². The fourth-order valence-electron chi connectivity index (χ4n) is 5.00. The number of ether oxygens (including phenoxy) is 1. The number of carboxylic acids is 1. The van der Waals surface area contributed by atoms with Crippen LogP contribution in [0.1, 0.15) is 51.6 Å². The lowest BCUT2D eigenvalue weighted by Crippen LogP contribution is -2.49. The van der Waals surface area contributed by atoms with Gasteiger partial charge >= 0.3 is 5.97 Å². The van der Waals surface area contributed by atoms with Crippen molar-refractivity contribution < 1.29 is 37.5 Å². The molecule has 0 fully saturated rings. The lowest BCUT2D eigenvalue weighted by Gasteiger charge is -2.38. The molecular weight excluding hydrogens is 564 g/mol. The minimum Gasteiger partial charge on any atom is -0.488 e. The molecule has 2 heterocycles. The maximum Gasteiger partial charge on any atom is 0.335 e. The summed E-state index contributed by atoms with van der Waals surface area (Å²) >= 11 is 0. The van der Waals surface area contributed by atoms with E-state index in [4.69, 9.17) is 14.4 Å². The van der Waals surface area contributed by atoms with Crippen LogP contribution in [-0.4, -0.2) is 84.4 Å². The predicted molar refractivity (Wildman–Crippen MR) is 154 cm³/mol. The third-order valence-electron chi connectivity index (χ3n) is 7.30. The average molecular weight is 601 g/mol.